The molecule has 0 amide bonds. The van der Waals surface area contributed by atoms with E-state index in [0.717, 1.165) is 30.6 Å². The van der Waals surface area contributed by atoms with E-state index in [9.17, 15) is 13.5 Å². The van der Waals surface area contributed by atoms with E-state index in [4.69, 9.17) is 4.74 Å². The summed E-state index contributed by atoms with van der Waals surface area (Å²) < 4.78 is 32.8. The summed E-state index contributed by atoms with van der Waals surface area (Å²) in [6.45, 7) is 0.605. The van der Waals surface area contributed by atoms with Crippen LogP contribution in [0.1, 0.15) is 31.2 Å². The Balaban J connectivity index is 1.81. The number of ether oxygens (including phenoxy) is 1. The Kier molecular flexibility index (Phi) is 3.70. The average Bonchev–Trinajstić information content (AvgIpc) is 2.88. The largest absolute Gasteiger partial charge is 0.493 e. The maximum atomic E-state index is 12.4. The van der Waals surface area contributed by atoms with Crippen molar-refractivity contribution < 1.29 is 18.3 Å². The molecule has 5 nitrogen and oxygen atoms in total. The second kappa shape index (κ2) is 5.35. The number of benzene rings is 1. The zero-order valence-electron chi connectivity index (χ0n) is 11.2. The monoisotopic (exact) mass is 297 g/mol. The third-order valence-electron chi connectivity index (χ3n) is 4.01. The number of hydrogen-bond donors (Lipinski definition) is 2. The van der Waals surface area contributed by atoms with Gasteiger partial charge in [-0.3, -0.25) is 0 Å². The lowest BCUT2D eigenvalue weighted by Gasteiger charge is -2.28. The normalized spacial score (nSPS) is 26.1. The standard InChI is InChI=1S/C14H19NO4S/c16-13-4-2-1-3-12(13)15-20(17,18)11-5-6-14-10(9-11)7-8-19-14/h5-6,9,12-13,15-16H,1-4,7-8H2. The van der Waals surface area contributed by atoms with Gasteiger partial charge in [-0.05, 0) is 36.6 Å². The molecule has 6 heteroatoms. The van der Waals surface area contributed by atoms with Gasteiger partial charge in [0.1, 0.15) is 5.75 Å². The highest BCUT2D eigenvalue weighted by Crippen LogP contribution is 2.28. The smallest absolute Gasteiger partial charge is 0.240 e. The summed E-state index contributed by atoms with van der Waals surface area (Å²) in [6, 6.07) is 4.55. The Bertz CT molecular complexity index is 599. The predicted molar refractivity (Wildman–Crippen MR) is 74.2 cm³/mol. The first-order valence-corrected chi connectivity index (χ1v) is 8.51. The molecule has 110 valence electrons. The molecule has 0 saturated heterocycles. The van der Waals surface area contributed by atoms with Crippen molar-refractivity contribution in [3.8, 4) is 5.75 Å². The minimum absolute atomic E-state index is 0.250. The summed E-state index contributed by atoms with van der Waals surface area (Å²) in [5.74, 6) is 0.765. The van der Waals surface area contributed by atoms with E-state index in [1.807, 2.05) is 0 Å². The van der Waals surface area contributed by atoms with Crippen molar-refractivity contribution in [2.24, 2.45) is 0 Å². The number of aliphatic hydroxyl groups is 1. The highest BCUT2D eigenvalue weighted by atomic mass is 32.2. The zero-order chi connectivity index (χ0) is 14.2. The van der Waals surface area contributed by atoms with Gasteiger partial charge in [0, 0.05) is 12.5 Å². The summed E-state index contributed by atoms with van der Waals surface area (Å²) >= 11 is 0. The minimum atomic E-state index is -3.58. The van der Waals surface area contributed by atoms with Gasteiger partial charge >= 0.3 is 0 Å². The van der Waals surface area contributed by atoms with E-state index in [1.54, 1.807) is 18.2 Å². The molecule has 1 aromatic carbocycles. The second-order valence-electron chi connectivity index (χ2n) is 5.45. The number of sulfonamides is 1. The van der Waals surface area contributed by atoms with Crippen molar-refractivity contribution in [2.75, 3.05) is 6.61 Å². The molecule has 0 aromatic heterocycles. The van der Waals surface area contributed by atoms with E-state index in [2.05, 4.69) is 4.72 Å². The van der Waals surface area contributed by atoms with Crippen molar-refractivity contribution >= 4 is 10.0 Å². The molecule has 2 aliphatic rings. The van der Waals surface area contributed by atoms with E-state index in [-0.39, 0.29) is 10.9 Å². The van der Waals surface area contributed by atoms with Gasteiger partial charge in [0.05, 0.1) is 17.6 Å². The van der Waals surface area contributed by atoms with Crippen LogP contribution in [0.3, 0.4) is 0 Å². The van der Waals surface area contributed by atoms with Crippen molar-refractivity contribution in [1.29, 1.82) is 0 Å². The maximum absolute atomic E-state index is 12.4. The Morgan fingerprint density at radius 1 is 1.25 bits per heavy atom. The minimum Gasteiger partial charge on any atom is -0.493 e. The first-order valence-electron chi connectivity index (χ1n) is 7.02. The van der Waals surface area contributed by atoms with Crippen LogP contribution in [0.25, 0.3) is 0 Å². The van der Waals surface area contributed by atoms with Crippen molar-refractivity contribution in [3.63, 3.8) is 0 Å². The van der Waals surface area contributed by atoms with Gasteiger partial charge in [0.25, 0.3) is 0 Å². The number of aliphatic hydroxyl groups excluding tert-OH is 1. The Labute approximate surface area is 119 Å². The third kappa shape index (κ3) is 2.68. The third-order valence-corrected chi connectivity index (χ3v) is 5.49. The molecule has 20 heavy (non-hydrogen) atoms. The fourth-order valence-electron chi connectivity index (χ4n) is 2.85. The highest BCUT2D eigenvalue weighted by molar-refractivity contribution is 7.89. The van der Waals surface area contributed by atoms with Gasteiger partial charge in [-0.25, -0.2) is 13.1 Å². The fraction of sp³-hybridized carbons (Fsp3) is 0.571. The zero-order valence-corrected chi connectivity index (χ0v) is 12.0. The lowest BCUT2D eigenvalue weighted by molar-refractivity contribution is 0.101. The molecule has 2 N–H and O–H groups in total. The molecule has 2 unspecified atom stereocenters. The van der Waals surface area contributed by atoms with Gasteiger partial charge < -0.3 is 9.84 Å². The molecule has 1 aliphatic heterocycles. The predicted octanol–water partition coefficient (Wildman–Crippen LogP) is 1.20. The lowest BCUT2D eigenvalue weighted by atomic mass is 9.93. The number of rotatable bonds is 3. The van der Waals surface area contributed by atoms with E-state index < -0.39 is 16.1 Å². The van der Waals surface area contributed by atoms with Crippen LogP contribution in [0.2, 0.25) is 0 Å². The maximum Gasteiger partial charge on any atom is 0.240 e. The summed E-state index contributed by atoms with van der Waals surface area (Å²) in [5.41, 5.74) is 0.928. The molecule has 1 aliphatic carbocycles. The molecule has 0 radical (unpaired) electrons. The van der Waals surface area contributed by atoms with Gasteiger partial charge in [-0.1, -0.05) is 12.8 Å². The van der Waals surface area contributed by atoms with E-state index in [0.29, 0.717) is 19.4 Å². The van der Waals surface area contributed by atoms with Crippen LogP contribution in [0, 0.1) is 0 Å². The Morgan fingerprint density at radius 2 is 2.05 bits per heavy atom. The van der Waals surface area contributed by atoms with Crippen molar-refractivity contribution in [1.82, 2.24) is 4.72 Å². The Morgan fingerprint density at radius 3 is 2.85 bits per heavy atom. The molecular weight excluding hydrogens is 278 g/mol. The van der Waals surface area contributed by atoms with Gasteiger partial charge in [-0.15, -0.1) is 0 Å². The van der Waals surface area contributed by atoms with Crippen LogP contribution >= 0.6 is 0 Å². The first kappa shape index (κ1) is 13.9. The number of fused-ring (bicyclic) bond motifs is 1. The molecule has 1 aromatic rings. The van der Waals surface area contributed by atoms with E-state index >= 15 is 0 Å². The summed E-state index contributed by atoms with van der Waals surface area (Å²) in [5, 5.41) is 9.89. The van der Waals surface area contributed by atoms with Gasteiger partial charge in [0.2, 0.25) is 10.0 Å². The fourth-order valence-corrected chi connectivity index (χ4v) is 4.20. The molecular formula is C14H19NO4S. The molecule has 1 heterocycles. The van der Waals surface area contributed by atoms with Crippen LogP contribution in [0.4, 0.5) is 0 Å². The average molecular weight is 297 g/mol. The van der Waals surface area contributed by atoms with Crippen LogP contribution in [0.15, 0.2) is 23.1 Å². The Hall–Kier alpha value is -1.11. The summed E-state index contributed by atoms with van der Waals surface area (Å²) in [6.07, 6.45) is 3.40. The van der Waals surface area contributed by atoms with Gasteiger partial charge in [-0.2, -0.15) is 0 Å². The molecule has 0 bridgehead atoms. The molecule has 3 rings (SSSR count). The molecule has 0 spiro atoms. The van der Waals surface area contributed by atoms with Crippen LogP contribution in [-0.4, -0.2) is 32.3 Å². The summed E-state index contributed by atoms with van der Waals surface area (Å²) in [4.78, 5) is 0.250. The molecule has 2 atom stereocenters. The van der Waals surface area contributed by atoms with E-state index in [1.165, 1.54) is 0 Å². The van der Waals surface area contributed by atoms with Crippen molar-refractivity contribution in [2.45, 2.75) is 49.1 Å². The quantitative estimate of drug-likeness (QED) is 0.879. The number of hydrogen-bond acceptors (Lipinski definition) is 4. The topological polar surface area (TPSA) is 75.6 Å². The molecule has 1 saturated carbocycles. The second-order valence-corrected chi connectivity index (χ2v) is 7.16. The first-order chi connectivity index (χ1) is 9.56. The van der Waals surface area contributed by atoms with Crippen LogP contribution < -0.4 is 9.46 Å². The van der Waals surface area contributed by atoms with Crippen LogP contribution in [0.5, 0.6) is 5.75 Å². The molecule has 1 fully saturated rings. The highest BCUT2D eigenvalue weighted by Gasteiger charge is 2.28. The SMILES string of the molecule is O=S(=O)(NC1CCCCC1O)c1ccc2c(c1)CCO2. The summed E-state index contributed by atoms with van der Waals surface area (Å²) in [7, 11) is -3.58. The van der Waals surface area contributed by atoms with Crippen molar-refractivity contribution in [3.05, 3.63) is 23.8 Å². The number of nitrogens with one attached hydrogen (secondary N) is 1. The van der Waals surface area contributed by atoms with Gasteiger partial charge in [0.15, 0.2) is 0 Å². The van der Waals surface area contributed by atoms with Crippen LogP contribution in [-0.2, 0) is 16.4 Å². The lowest BCUT2D eigenvalue weighted by Crippen LogP contribution is -2.44.